The van der Waals surface area contributed by atoms with Crippen LogP contribution in [0.5, 0.6) is 0 Å². The zero-order chi connectivity index (χ0) is 11.7. The molecule has 15 heavy (non-hydrogen) atoms. The molecule has 0 bridgehead atoms. The van der Waals surface area contributed by atoms with Crippen LogP contribution in [0, 0.1) is 5.92 Å². The molecule has 0 aromatic carbocycles. The molecule has 0 saturated heterocycles. The summed E-state index contributed by atoms with van der Waals surface area (Å²) in [4.78, 5) is 0. The van der Waals surface area contributed by atoms with Gasteiger partial charge in [0.2, 0.25) is 0 Å². The smallest absolute Gasteiger partial charge is 0.0477 e. The molecule has 0 aliphatic heterocycles. The van der Waals surface area contributed by atoms with Crippen LogP contribution in [0.15, 0.2) is 0 Å². The highest BCUT2D eigenvalue weighted by Crippen LogP contribution is 2.09. The van der Waals surface area contributed by atoms with E-state index in [0.29, 0.717) is 18.0 Å². The van der Waals surface area contributed by atoms with E-state index in [1.165, 1.54) is 0 Å². The first-order valence-electron chi connectivity index (χ1n) is 6.01. The summed E-state index contributed by atoms with van der Waals surface area (Å²) < 4.78 is 5.11. The average molecular weight is 217 g/mol. The lowest BCUT2D eigenvalue weighted by molar-refractivity contribution is 0.165. The fourth-order valence-electron chi connectivity index (χ4n) is 1.72. The van der Waals surface area contributed by atoms with Gasteiger partial charge in [0.15, 0.2) is 0 Å². The molecule has 0 amide bonds. The van der Waals surface area contributed by atoms with Crippen LogP contribution < -0.4 is 5.32 Å². The predicted octanol–water partition coefficient (Wildman–Crippen LogP) is 1.80. The Balaban J connectivity index is 4.00. The molecule has 0 spiro atoms. The van der Waals surface area contributed by atoms with Crippen LogP contribution in [0.2, 0.25) is 0 Å². The number of aliphatic hydroxyl groups is 1. The van der Waals surface area contributed by atoms with E-state index in [4.69, 9.17) is 9.84 Å². The lowest BCUT2D eigenvalue weighted by Crippen LogP contribution is -2.42. The standard InChI is InChI=1S/C12H27NO2/c1-5-11(6-8-14)13-12(10(2)3)7-9-15-4/h10-14H,5-9H2,1-4H3. The Labute approximate surface area is 94.2 Å². The van der Waals surface area contributed by atoms with E-state index in [9.17, 15) is 0 Å². The van der Waals surface area contributed by atoms with Gasteiger partial charge in [0.05, 0.1) is 0 Å². The third-order valence-corrected chi connectivity index (χ3v) is 2.86. The van der Waals surface area contributed by atoms with Gasteiger partial charge in [0.25, 0.3) is 0 Å². The molecule has 0 saturated carbocycles. The van der Waals surface area contributed by atoms with Gasteiger partial charge in [0, 0.05) is 32.4 Å². The van der Waals surface area contributed by atoms with Crippen molar-refractivity contribution < 1.29 is 9.84 Å². The summed E-state index contributed by atoms with van der Waals surface area (Å²) in [6.07, 6.45) is 2.94. The van der Waals surface area contributed by atoms with Crippen LogP contribution in [0.25, 0.3) is 0 Å². The number of hydrogen-bond donors (Lipinski definition) is 2. The Morgan fingerprint density at radius 3 is 2.33 bits per heavy atom. The van der Waals surface area contributed by atoms with Crippen LogP contribution in [-0.2, 0) is 4.74 Å². The topological polar surface area (TPSA) is 41.5 Å². The first-order chi connectivity index (χ1) is 7.15. The van der Waals surface area contributed by atoms with Crippen molar-refractivity contribution >= 4 is 0 Å². The van der Waals surface area contributed by atoms with Crippen LogP contribution >= 0.6 is 0 Å². The molecule has 0 aromatic rings. The molecule has 3 heteroatoms. The van der Waals surface area contributed by atoms with Crippen molar-refractivity contribution in [3.05, 3.63) is 0 Å². The van der Waals surface area contributed by atoms with Gasteiger partial charge >= 0.3 is 0 Å². The second-order valence-electron chi connectivity index (χ2n) is 4.42. The SMILES string of the molecule is CCC(CCO)NC(CCOC)C(C)C. The van der Waals surface area contributed by atoms with Gasteiger partial charge < -0.3 is 15.2 Å². The monoisotopic (exact) mass is 217 g/mol. The molecule has 92 valence electrons. The molecular formula is C12H27NO2. The van der Waals surface area contributed by atoms with Crippen molar-refractivity contribution in [3.8, 4) is 0 Å². The van der Waals surface area contributed by atoms with E-state index in [2.05, 4.69) is 26.1 Å². The van der Waals surface area contributed by atoms with Gasteiger partial charge in [-0.15, -0.1) is 0 Å². The van der Waals surface area contributed by atoms with E-state index in [0.717, 1.165) is 25.9 Å². The fourth-order valence-corrected chi connectivity index (χ4v) is 1.72. The summed E-state index contributed by atoms with van der Waals surface area (Å²) in [5.41, 5.74) is 0. The minimum absolute atomic E-state index is 0.264. The largest absolute Gasteiger partial charge is 0.396 e. The zero-order valence-electron chi connectivity index (χ0n) is 10.6. The molecule has 0 aliphatic carbocycles. The molecule has 3 nitrogen and oxygen atoms in total. The maximum atomic E-state index is 8.93. The molecular weight excluding hydrogens is 190 g/mol. The molecule has 2 unspecified atom stereocenters. The summed E-state index contributed by atoms with van der Waals surface area (Å²) in [7, 11) is 1.74. The van der Waals surface area contributed by atoms with Crippen molar-refractivity contribution in [1.29, 1.82) is 0 Å². The van der Waals surface area contributed by atoms with Gasteiger partial charge in [-0.1, -0.05) is 20.8 Å². The quantitative estimate of drug-likeness (QED) is 0.619. The van der Waals surface area contributed by atoms with Crippen molar-refractivity contribution in [2.24, 2.45) is 5.92 Å². The van der Waals surface area contributed by atoms with E-state index in [-0.39, 0.29) is 6.61 Å². The first-order valence-corrected chi connectivity index (χ1v) is 6.01. The molecule has 2 atom stereocenters. The number of ether oxygens (including phenoxy) is 1. The average Bonchev–Trinajstić information content (AvgIpc) is 2.22. The van der Waals surface area contributed by atoms with Crippen molar-refractivity contribution in [1.82, 2.24) is 5.32 Å². The molecule has 0 radical (unpaired) electrons. The van der Waals surface area contributed by atoms with E-state index < -0.39 is 0 Å². The molecule has 0 aliphatic rings. The maximum absolute atomic E-state index is 8.93. The summed E-state index contributed by atoms with van der Waals surface area (Å²) in [6.45, 7) is 7.66. The van der Waals surface area contributed by atoms with Crippen molar-refractivity contribution in [2.75, 3.05) is 20.3 Å². The highest BCUT2D eigenvalue weighted by Gasteiger charge is 2.16. The second-order valence-corrected chi connectivity index (χ2v) is 4.42. The molecule has 0 rings (SSSR count). The lowest BCUT2D eigenvalue weighted by atomic mass is 9.99. The van der Waals surface area contributed by atoms with Crippen LogP contribution in [0.4, 0.5) is 0 Å². The Morgan fingerprint density at radius 1 is 1.27 bits per heavy atom. The lowest BCUT2D eigenvalue weighted by Gasteiger charge is -2.27. The van der Waals surface area contributed by atoms with E-state index in [1.54, 1.807) is 7.11 Å². The zero-order valence-corrected chi connectivity index (χ0v) is 10.6. The molecule has 0 heterocycles. The Bertz CT molecular complexity index is 140. The molecule has 0 aromatic heterocycles. The number of aliphatic hydroxyl groups excluding tert-OH is 1. The number of nitrogens with one attached hydrogen (secondary N) is 1. The van der Waals surface area contributed by atoms with Gasteiger partial charge in [-0.25, -0.2) is 0 Å². The third kappa shape index (κ3) is 6.88. The highest BCUT2D eigenvalue weighted by molar-refractivity contribution is 4.75. The second kappa shape index (κ2) is 9.13. The fraction of sp³-hybridized carbons (Fsp3) is 1.00. The van der Waals surface area contributed by atoms with Crippen LogP contribution in [-0.4, -0.2) is 37.5 Å². The third-order valence-electron chi connectivity index (χ3n) is 2.86. The number of methoxy groups -OCH3 is 1. The van der Waals surface area contributed by atoms with E-state index in [1.807, 2.05) is 0 Å². The molecule has 2 N–H and O–H groups in total. The van der Waals surface area contributed by atoms with Crippen molar-refractivity contribution in [2.45, 2.75) is 52.1 Å². The normalized spacial score (nSPS) is 15.6. The minimum Gasteiger partial charge on any atom is -0.396 e. The van der Waals surface area contributed by atoms with Crippen molar-refractivity contribution in [3.63, 3.8) is 0 Å². The van der Waals surface area contributed by atoms with Crippen LogP contribution in [0.1, 0.15) is 40.0 Å². The minimum atomic E-state index is 0.264. The van der Waals surface area contributed by atoms with Gasteiger partial charge in [-0.2, -0.15) is 0 Å². The van der Waals surface area contributed by atoms with E-state index >= 15 is 0 Å². The van der Waals surface area contributed by atoms with Crippen LogP contribution in [0.3, 0.4) is 0 Å². The van der Waals surface area contributed by atoms with Gasteiger partial charge in [0.1, 0.15) is 0 Å². The highest BCUT2D eigenvalue weighted by atomic mass is 16.5. The summed E-state index contributed by atoms with van der Waals surface area (Å²) in [5.74, 6) is 0.605. The van der Waals surface area contributed by atoms with Gasteiger partial charge in [-0.05, 0) is 25.2 Å². The number of hydrogen-bond acceptors (Lipinski definition) is 3. The Kier molecular flexibility index (Phi) is 9.06. The maximum Gasteiger partial charge on any atom is 0.0477 e. The Hall–Kier alpha value is -0.120. The van der Waals surface area contributed by atoms with Gasteiger partial charge in [-0.3, -0.25) is 0 Å². The molecule has 0 fully saturated rings. The number of rotatable bonds is 9. The predicted molar refractivity (Wildman–Crippen MR) is 64.0 cm³/mol. The summed E-state index contributed by atoms with van der Waals surface area (Å²) >= 11 is 0. The first kappa shape index (κ1) is 14.9. The Morgan fingerprint density at radius 2 is 1.93 bits per heavy atom. The summed E-state index contributed by atoms with van der Waals surface area (Å²) in [6, 6.07) is 0.917. The summed E-state index contributed by atoms with van der Waals surface area (Å²) in [5, 5.41) is 12.5.